The molecule has 1 N–H and O–H groups in total. The quantitative estimate of drug-likeness (QED) is 0.399. The molecule has 2 aromatic carbocycles. The van der Waals surface area contributed by atoms with Gasteiger partial charge < -0.3 is 19.5 Å². The van der Waals surface area contributed by atoms with Gasteiger partial charge in [0.2, 0.25) is 0 Å². The molecule has 3 aromatic rings. The largest absolute Gasteiger partial charge is 0.497 e. The van der Waals surface area contributed by atoms with Crippen LogP contribution in [0.15, 0.2) is 52.3 Å². The van der Waals surface area contributed by atoms with Gasteiger partial charge in [-0.05, 0) is 55.3 Å². The van der Waals surface area contributed by atoms with Gasteiger partial charge in [-0.1, -0.05) is 28.1 Å². The second-order valence-electron chi connectivity index (χ2n) is 6.55. The summed E-state index contributed by atoms with van der Waals surface area (Å²) in [4.78, 5) is 25.1. The van der Waals surface area contributed by atoms with Crippen LogP contribution >= 0.6 is 27.3 Å². The molecule has 6 nitrogen and oxygen atoms in total. The Kier molecular flexibility index (Phi) is 7.70. The first-order valence-corrected chi connectivity index (χ1v) is 11.2. The Balaban J connectivity index is 1.79. The van der Waals surface area contributed by atoms with Gasteiger partial charge in [0, 0.05) is 15.4 Å². The minimum atomic E-state index is -0.491. The van der Waals surface area contributed by atoms with Crippen molar-refractivity contribution in [3.63, 3.8) is 0 Å². The third-order valence-corrected chi connectivity index (χ3v) is 6.21. The third kappa shape index (κ3) is 5.65. The highest BCUT2D eigenvalue weighted by Crippen LogP contribution is 2.37. The van der Waals surface area contributed by atoms with Crippen molar-refractivity contribution in [3.8, 4) is 22.6 Å². The summed E-state index contributed by atoms with van der Waals surface area (Å²) in [6.45, 7) is 3.73. The van der Waals surface area contributed by atoms with Crippen molar-refractivity contribution in [1.82, 2.24) is 0 Å². The number of methoxy groups -OCH3 is 1. The predicted molar refractivity (Wildman–Crippen MR) is 125 cm³/mol. The fourth-order valence-corrected chi connectivity index (χ4v) is 4.08. The lowest BCUT2D eigenvalue weighted by atomic mass is 10.0. The van der Waals surface area contributed by atoms with E-state index in [1.54, 1.807) is 20.1 Å². The van der Waals surface area contributed by atoms with Gasteiger partial charge in [-0.3, -0.25) is 4.79 Å². The van der Waals surface area contributed by atoms with Crippen molar-refractivity contribution >= 4 is 44.1 Å². The van der Waals surface area contributed by atoms with Gasteiger partial charge in [-0.15, -0.1) is 11.3 Å². The molecule has 0 saturated heterocycles. The highest BCUT2D eigenvalue weighted by atomic mass is 79.9. The van der Waals surface area contributed by atoms with Crippen molar-refractivity contribution in [2.45, 2.75) is 13.8 Å². The Labute approximate surface area is 193 Å². The smallest absolute Gasteiger partial charge is 0.341 e. The molecule has 1 aromatic heterocycles. The Morgan fingerprint density at radius 3 is 2.45 bits per heavy atom. The van der Waals surface area contributed by atoms with Gasteiger partial charge in [-0.25, -0.2) is 4.79 Å². The van der Waals surface area contributed by atoms with Crippen LogP contribution in [0.3, 0.4) is 0 Å². The standard InChI is InChI=1S/C23H22BrNO5S/c1-4-29-23(27)21-18(15-5-7-16(28-3)8-6-15)13-31-22(21)25-20(26)12-30-17-9-10-19(24)14(2)11-17/h5-11,13H,4,12H2,1-3H3,(H,25,26). The van der Waals surface area contributed by atoms with E-state index >= 15 is 0 Å². The van der Waals surface area contributed by atoms with E-state index < -0.39 is 5.97 Å². The fourth-order valence-electron chi connectivity index (χ4n) is 2.86. The third-order valence-electron chi connectivity index (χ3n) is 4.42. The van der Waals surface area contributed by atoms with E-state index in [-0.39, 0.29) is 19.1 Å². The molecule has 162 valence electrons. The summed E-state index contributed by atoms with van der Waals surface area (Å²) in [5.74, 6) is 0.445. The summed E-state index contributed by atoms with van der Waals surface area (Å²) in [5, 5.41) is 5.02. The van der Waals surface area contributed by atoms with E-state index in [1.807, 2.05) is 48.7 Å². The minimum absolute atomic E-state index is 0.181. The number of anilines is 1. The molecule has 0 aliphatic heterocycles. The molecule has 0 aliphatic rings. The number of ether oxygens (including phenoxy) is 3. The zero-order chi connectivity index (χ0) is 22.4. The lowest BCUT2D eigenvalue weighted by molar-refractivity contribution is -0.118. The molecule has 0 fully saturated rings. The predicted octanol–water partition coefficient (Wildman–Crippen LogP) is 5.69. The van der Waals surface area contributed by atoms with Crippen LogP contribution in [0.25, 0.3) is 11.1 Å². The van der Waals surface area contributed by atoms with Crippen LogP contribution in [0.5, 0.6) is 11.5 Å². The first kappa shape index (κ1) is 22.8. The van der Waals surface area contributed by atoms with E-state index in [2.05, 4.69) is 21.2 Å². The molecule has 0 saturated carbocycles. The van der Waals surface area contributed by atoms with E-state index in [1.165, 1.54) is 11.3 Å². The number of esters is 1. The maximum Gasteiger partial charge on any atom is 0.341 e. The molecule has 0 bridgehead atoms. The molecule has 0 unspecified atom stereocenters. The number of hydrogen-bond acceptors (Lipinski definition) is 6. The topological polar surface area (TPSA) is 73.9 Å². The van der Waals surface area contributed by atoms with Crippen molar-refractivity contribution < 1.29 is 23.8 Å². The number of halogens is 1. The first-order valence-electron chi connectivity index (χ1n) is 9.54. The summed E-state index contributed by atoms with van der Waals surface area (Å²) in [6.07, 6.45) is 0. The van der Waals surface area contributed by atoms with Crippen molar-refractivity contribution in [2.24, 2.45) is 0 Å². The molecule has 31 heavy (non-hydrogen) atoms. The summed E-state index contributed by atoms with van der Waals surface area (Å²) in [7, 11) is 1.59. The van der Waals surface area contributed by atoms with Crippen molar-refractivity contribution in [3.05, 3.63) is 63.4 Å². The maximum atomic E-state index is 12.6. The molecule has 0 aliphatic carbocycles. The number of benzene rings is 2. The number of hydrogen-bond donors (Lipinski definition) is 1. The van der Waals surface area contributed by atoms with Gasteiger partial charge in [0.1, 0.15) is 22.1 Å². The number of amides is 1. The van der Waals surface area contributed by atoms with Crippen LogP contribution in [0, 0.1) is 6.92 Å². The van der Waals surface area contributed by atoms with Gasteiger partial charge in [0.05, 0.1) is 13.7 Å². The fraction of sp³-hybridized carbons (Fsp3) is 0.217. The minimum Gasteiger partial charge on any atom is -0.497 e. The number of carbonyl (C=O) groups is 2. The number of carbonyl (C=O) groups excluding carboxylic acids is 2. The summed E-state index contributed by atoms with van der Waals surface area (Å²) in [5.41, 5.74) is 2.84. The van der Waals surface area contributed by atoms with Crippen LogP contribution < -0.4 is 14.8 Å². The SMILES string of the molecule is CCOC(=O)c1c(-c2ccc(OC)cc2)csc1NC(=O)COc1ccc(Br)c(C)c1. The normalized spacial score (nSPS) is 10.5. The van der Waals surface area contributed by atoms with Crippen LogP contribution in [0.1, 0.15) is 22.8 Å². The Bertz CT molecular complexity index is 1080. The summed E-state index contributed by atoms with van der Waals surface area (Å²) < 4.78 is 17.0. The molecule has 0 atom stereocenters. The van der Waals surface area contributed by atoms with Gasteiger partial charge in [0.15, 0.2) is 6.61 Å². The maximum absolute atomic E-state index is 12.6. The van der Waals surface area contributed by atoms with E-state index in [9.17, 15) is 9.59 Å². The lowest BCUT2D eigenvalue weighted by Crippen LogP contribution is -2.21. The number of aryl methyl sites for hydroxylation is 1. The zero-order valence-electron chi connectivity index (χ0n) is 17.4. The average molecular weight is 504 g/mol. The first-order chi connectivity index (χ1) is 14.9. The van der Waals surface area contributed by atoms with Crippen LogP contribution in [-0.4, -0.2) is 32.2 Å². The van der Waals surface area contributed by atoms with E-state index in [0.29, 0.717) is 27.6 Å². The van der Waals surface area contributed by atoms with Gasteiger partial charge in [0.25, 0.3) is 5.91 Å². The van der Waals surface area contributed by atoms with E-state index in [0.717, 1.165) is 15.6 Å². The van der Waals surface area contributed by atoms with Crippen molar-refractivity contribution in [1.29, 1.82) is 0 Å². The molecule has 3 rings (SSSR count). The second kappa shape index (κ2) is 10.5. The average Bonchev–Trinajstić information content (AvgIpc) is 3.18. The second-order valence-corrected chi connectivity index (χ2v) is 8.28. The monoisotopic (exact) mass is 503 g/mol. The number of nitrogens with one attached hydrogen (secondary N) is 1. The highest BCUT2D eigenvalue weighted by Gasteiger charge is 2.23. The Hall–Kier alpha value is -2.84. The highest BCUT2D eigenvalue weighted by molar-refractivity contribution is 9.10. The van der Waals surface area contributed by atoms with Gasteiger partial charge in [-0.2, -0.15) is 0 Å². The molecule has 0 spiro atoms. The molecule has 1 amide bonds. The number of rotatable bonds is 8. The molecule has 8 heteroatoms. The van der Waals surface area contributed by atoms with Crippen molar-refractivity contribution in [2.75, 3.05) is 25.6 Å². The van der Waals surface area contributed by atoms with Gasteiger partial charge >= 0.3 is 5.97 Å². The molecular weight excluding hydrogens is 482 g/mol. The summed E-state index contributed by atoms with van der Waals surface area (Å²) >= 11 is 4.70. The number of thiophene rings is 1. The zero-order valence-corrected chi connectivity index (χ0v) is 19.8. The molecule has 0 radical (unpaired) electrons. The van der Waals surface area contributed by atoms with Crippen LogP contribution in [-0.2, 0) is 9.53 Å². The van der Waals surface area contributed by atoms with Crippen LogP contribution in [0.2, 0.25) is 0 Å². The molecule has 1 heterocycles. The molecular formula is C23H22BrNO5S. The Morgan fingerprint density at radius 2 is 1.81 bits per heavy atom. The Morgan fingerprint density at radius 1 is 1.10 bits per heavy atom. The lowest BCUT2D eigenvalue weighted by Gasteiger charge is -2.10. The summed E-state index contributed by atoms with van der Waals surface area (Å²) in [6, 6.07) is 12.8. The van der Waals surface area contributed by atoms with E-state index in [4.69, 9.17) is 14.2 Å². The van der Waals surface area contributed by atoms with Crippen LogP contribution in [0.4, 0.5) is 5.00 Å².